The molecule has 0 rings (SSSR count). The van der Waals surface area contributed by atoms with Crippen LogP contribution in [-0.2, 0) is 14.3 Å². The van der Waals surface area contributed by atoms with Gasteiger partial charge in [0.2, 0.25) is 5.91 Å². The maximum Gasteiger partial charge on any atom is 0.306 e. The van der Waals surface area contributed by atoms with Crippen molar-refractivity contribution in [2.75, 3.05) is 6.54 Å². The van der Waals surface area contributed by atoms with Crippen LogP contribution in [0.3, 0.4) is 0 Å². The van der Waals surface area contributed by atoms with Gasteiger partial charge in [0.1, 0.15) is 5.60 Å². The van der Waals surface area contributed by atoms with Gasteiger partial charge in [0.05, 0.1) is 6.04 Å². The van der Waals surface area contributed by atoms with Crippen LogP contribution in [0.2, 0.25) is 0 Å². The van der Waals surface area contributed by atoms with Gasteiger partial charge in [-0.15, -0.1) is 0 Å². The second kappa shape index (κ2) is 11.5. The first-order valence-electron chi connectivity index (χ1n) is 8.51. The molecule has 1 amide bonds. The van der Waals surface area contributed by atoms with Crippen molar-refractivity contribution in [2.45, 2.75) is 90.7 Å². The van der Waals surface area contributed by atoms with E-state index < -0.39 is 11.6 Å². The Balaban J connectivity index is 3.56. The molecular formula is C17H34N2O3. The molecule has 3 N–H and O–H groups in total. The highest BCUT2D eigenvalue weighted by molar-refractivity contribution is 5.81. The molecule has 0 spiro atoms. The van der Waals surface area contributed by atoms with E-state index in [1.807, 2.05) is 20.8 Å². The number of amides is 1. The topological polar surface area (TPSA) is 81.4 Å². The van der Waals surface area contributed by atoms with Crippen molar-refractivity contribution in [2.24, 2.45) is 5.73 Å². The van der Waals surface area contributed by atoms with E-state index in [2.05, 4.69) is 12.2 Å². The second-order valence-electron chi connectivity index (χ2n) is 6.79. The predicted molar refractivity (Wildman–Crippen MR) is 89.4 cm³/mol. The largest absolute Gasteiger partial charge is 0.460 e. The Bertz CT molecular complexity index is 324. The zero-order valence-electron chi connectivity index (χ0n) is 14.7. The average molecular weight is 314 g/mol. The number of carbonyl (C=O) groups is 2. The molecule has 5 nitrogen and oxygen atoms in total. The first kappa shape index (κ1) is 20.9. The number of nitrogens with two attached hydrogens (primary N) is 1. The minimum absolute atomic E-state index is 0.0664. The van der Waals surface area contributed by atoms with E-state index in [1.54, 1.807) is 0 Å². The molecule has 5 heteroatoms. The summed E-state index contributed by atoms with van der Waals surface area (Å²) in [4.78, 5) is 23.2. The van der Waals surface area contributed by atoms with Gasteiger partial charge in [-0.3, -0.25) is 9.59 Å². The molecule has 0 bridgehead atoms. The Kier molecular flexibility index (Phi) is 10.9. The fourth-order valence-corrected chi connectivity index (χ4v) is 2.05. The fraction of sp³-hybridized carbons (Fsp3) is 0.882. The molecule has 0 aliphatic heterocycles. The molecule has 1 atom stereocenters. The Hall–Kier alpha value is -1.10. The summed E-state index contributed by atoms with van der Waals surface area (Å²) in [6, 6.07) is -0.395. The fourth-order valence-electron chi connectivity index (χ4n) is 2.05. The minimum Gasteiger partial charge on any atom is -0.460 e. The second-order valence-corrected chi connectivity index (χ2v) is 6.79. The third kappa shape index (κ3) is 12.6. The summed E-state index contributed by atoms with van der Waals surface area (Å²) >= 11 is 0. The van der Waals surface area contributed by atoms with Crippen LogP contribution in [0.5, 0.6) is 0 Å². The van der Waals surface area contributed by atoms with Gasteiger partial charge < -0.3 is 15.8 Å². The van der Waals surface area contributed by atoms with E-state index in [1.165, 1.54) is 0 Å². The van der Waals surface area contributed by atoms with Crippen molar-refractivity contribution in [3.8, 4) is 0 Å². The van der Waals surface area contributed by atoms with Gasteiger partial charge >= 0.3 is 5.97 Å². The molecule has 22 heavy (non-hydrogen) atoms. The number of hydrogen-bond acceptors (Lipinski definition) is 4. The lowest BCUT2D eigenvalue weighted by Crippen LogP contribution is -2.40. The van der Waals surface area contributed by atoms with Crippen LogP contribution in [0.4, 0.5) is 0 Å². The Morgan fingerprint density at radius 3 is 2.36 bits per heavy atom. The van der Waals surface area contributed by atoms with Crippen LogP contribution in [-0.4, -0.2) is 30.1 Å². The van der Waals surface area contributed by atoms with Crippen molar-refractivity contribution in [1.29, 1.82) is 0 Å². The minimum atomic E-state index is -0.418. The van der Waals surface area contributed by atoms with Gasteiger partial charge in [-0.1, -0.05) is 32.6 Å². The first-order valence-corrected chi connectivity index (χ1v) is 8.51. The van der Waals surface area contributed by atoms with Crippen molar-refractivity contribution in [3.63, 3.8) is 0 Å². The highest BCUT2D eigenvalue weighted by Gasteiger charge is 2.15. The number of unbranched alkanes of at least 4 members (excludes halogenated alkanes) is 4. The van der Waals surface area contributed by atoms with Crippen molar-refractivity contribution in [3.05, 3.63) is 0 Å². The molecule has 0 unspecified atom stereocenters. The van der Waals surface area contributed by atoms with E-state index >= 15 is 0 Å². The molecule has 130 valence electrons. The van der Waals surface area contributed by atoms with Gasteiger partial charge in [0.25, 0.3) is 0 Å². The standard InChI is InChI=1S/C17H34N2O3/c1-5-6-8-11-14(18)16(21)19-13-10-7-9-12-15(20)22-17(2,3)4/h14H,5-13,18H2,1-4H3,(H,19,21)/t14-/m0/s1. The molecule has 0 saturated heterocycles. The Labute approximate surface area is 135 Å². The monoisotopic (exact) mass is 314 g/mol. The summed E-state index contributed by atoms with van der Waals surface area (Å²) in [6.45, 7) is 8.34. The Morgan fingerprint density at radius 1 is 1.09 bits per heavy atom. The van der Waals surface area contributed by atoms with Crippen molar-refractivity contribution in [1.82, 2.24) is 5.32 Å². The van der Waals surface area contributed by atoms with Gasteiger partial charge in [-0.25, -0.2) is 0 Å². The summed E-state index contributed by atoms with van der Waals surface area (Å²) in [7, 11) is 0. The Morgan fingerprint density at radius 2 is 1.77 bits per heavy atom. The number of hydrogen-bond donors (Lipinski definition) is 2. The lowest BCUT2D eigenvalue weighted by molar-refractivity contribution is -0.154. The smallest absolute Gasteiger partial charge is 0.306 e. The molecule has 0 aromatic rings. The number of rotatable bonds is 11. The summed E-state index contributed by atoms with van der Waals surface area (Å²) in [5, 5.41) is 2.86. The SMILES string of the molecule is CCCCC[C@H](N)C(=O)NCCCCCC(=O)OC(C)(C)C. The van der Waals surface area contributed by atoms with E-state index in [4.69, 9.17) is 10.5 Å². The van der Waals surface area contributed by atoms with Crippen LogP contribution in [0.1, 0.15) is 79.1 Å². The molecular weight excluding hydrogens is 280 g/mol. The summed E-state index contributed by atoms with van der Waals surface area (Å²) < 4.78 is 5.24. The lowest BCUT2D eigenvalue weighted by atomic mass is 10.1. The molecule has 0 heterocycles. The van der Waals surface area contributed by atoms with Crippen LogP contribution in [0.15, 0.2) is 0 Å². The zero-order chi connectivity index (χ0) is 17.0. The van der Waals surface area contributed by atoms with E-state index in [-0.39, 0.29) is 11.9 Å². The number of nitrogens with one attached hydrogen (secondary N) is 1. The van der Waals surface area contributed by atoms with E-state index in [0.717, 1.165) is 44.9 Å². The quantitative estimate of drug-likeness (QED) is 0.454. The number of esters is 1. The highest BCUT2D eigenvalue weighted by atomic mass is 16.6. The van der Waals surface area contributed by atoms with Crippen LogP contribution in [0.25, 0.3) is 0 Å². The van der Waals surface area contributed by atoms with Crippen molar-refractivity contribution < 1.29 is 14.3 Å². The molecule has 0 aliphatic carbocycles. The predicted octanol–water partition coefficient (Wildman–Crippen LogP) is 2.91. The van der Waals surface area contributed by atoms with Gasteiger partial charge in [0.15, 0.2) is 0 Å². The third-order valence-corrected chi connectivity index (χ3v) is 3.23. The van der Waals surface area contributed by atoms with E-state index in [0.29, 0.717) is 13.0 Å². The third-order valence-electron chi connectivity index (χ3n) is 3.23. The maximum atomic E-state index is 11.7. The van der Waals surface area contributed by atoms with Gasteiger partial charge in [-0.05, 0) is 40.0 Å². The average Bonchev–Trinajstić information content (AvgIpc) is 2.40. The molecule has 0 saturated carbocycles. The van der Waals surface area contributed by atoms with Crippen molar-refractivity contribution >= 4 is 11.9 Å². The molecule has 0 aromatic heterocycles. The zero-order valence-corrected chi connectivity index (χ0v) is 14.7. The van der Waals surface area contributed by atoms with Crippen LogP contribution < -0.4 is 11.1 Å². The summed E-state index contributed by atoms with van der Waals surface area (Å²) in [5.41, 5.74) is 5.41. The lowest BCUT2D eigenvalue weighted by Gasteiger charge is -2.19. The van der Waals surface area contributed by atoms with Crippen LogP contribution in [0, 0.1) is 0 Å². The van der Waals surface area contributed by atoms with Crippen LogP contribution >= 0.6 is 0 Å². The molecule has 0 aliphatic rings. The van der Waals surface area contributed by atoms with Gasteiger partial charge in [-0.2, -0.15) is 0 Å². The molecule has 0 radical (unpaired) electrons. The van der Waals surface area contributed by atoms with Gasteiger partial charge in [0, 0.05) is 13.0 Å². The van der Waals surface area contributed by atoms with E-state index in [9.17, 15) is 9.59 Å². The summed E-state index contributed by atoms with van der Waals surface area (Å²) in [5.74, 6) is -0.224. The normalized spacial score (nSPS) is 12.8. The number of ether oxygens (including phenoxy) is 1. The summed E-state index contributed by atoms with van der Waals surface area (Å²) in [6.07, 6.45) is 6.97. The number of carbonyl (C=O) groups excluding carboxylic acids is 2. The maximum absolute atomic E-state index is 11.7. The highest BCUT2D eigenvalue weighted by Crippen LogP contribution is 2.10. The molecule has 0 fully saturated rings. The molecule has 0 aromatic carbocycles. The first-order chi connectivity index (χ1) is 10.3.